The average molecular weight is 576 g/mol. The molecule has 1 saturated carbocycles. The highest BCUT2D eigenvalue weighted by molar-refractivity contribution is 9.10. The average Bonchev–Trinajstić information content (AvgIpc) is 3.36. The van der Waals surface area contributed by atoms with Gasteiger partial charge in [-0.05, 0) is 49.6 Å². The van der Waals surface area contributed by atoms with Crippen molar-refractivity contribution in [2.45, 2.75) is 57.8 Å². The lowest BCUT2D eigenvalue weighted by atomic mass is 10.0. The summed E-state index contributed by atoms with van der Waals surface area (Å²) in [5.41, 5.74) is 4.89. The molecule has 0 amide bonds. The number of nitrogens with zero attached hydrogens (tertiary/aromatic N) is 4. The van der Waals surface area contributed by atoms with Crippen molar-refractivity contribution in [3.63, 3.8) is 0 Å². The maximum Gasteiger partial charge on any atom is 0.168 e. The van der Waals surface area contributed by atoms with E-state index in [1.54, 1.807) is 17.4 Å². The van der Waals surface area contributed by atoms with Crippen molar-refractivity contribution >= 4 is 50.5 Å². The van der Waals surface area contributed by atoms with Crippen LogP contribution in [0.15, 0.2) is 46.9 Å². The van der Waals surface area contributed by atoms with Crippen LogP contribution in [0.3, 0.4) is 0 Å². The van der Waals surface area contributed by atoms with Gasteiger partial charge in [0.05, 0.1) is 16.4 Å². The predicted molar refractivity (Wildman–Crippen MR) is 145 cm³/mol. The Morgan fingerprint density at radius 1 is 1.00 bits per heavy atom. The van der Waals surface area contributed by atoms with Crippen LogP contribution in [0.4, 0.5) is 0 Å². The number of hydrogen-bond acceptors (Lipinski definition) is 4. The SMILES string of the molecule is CCc1c(-c2nnc(C3CCCCCC3)s2)nn(-c2ccc(Cl)cc2Cl)c1-c1ccc(Br)cc1. The quantitative estimate of drug-likeness (QED) is 0.223. The number of benzene rings is 2. The highest BCUT2D eigenvalue weighted by Gasteiger charge is 2.26. The van der Waals surface area contributed by atoms with Crippen molar-refractivity contribution in [3.05, 3.63) is 67.6 Å². The van der Waals surface area contributed by atoms with Crippen LogP contribution < -0.4 is 0 Å². The molecule has 1 aliphatic carbocycles. The summed E-state index contributed by atoms with van der Waals surface area (Å²) in [6.45, 7) is 2.16. The Hall–Kier alpha value is -1.73. The van der Waals surface area contributed by atoms with Gasteiger partial charge in [-0.15, -0.1) is 10.2 Å². The van der Waals surface area contributed by atoms with Gasteiger partial charge in [-0.2, -0.15) is 5.10 Å². The second-order valence-corrected chi connectivity index (χ2v) is 11.4. The topological polar surface area (TPSA) is 43.6 Å². The molecule has 0 aliphatic heterocycles. The summed E-state index contributed by atoms with van der Waals surface area (Å²) >= 11 is 18.1. The molecule has 0 bridgehead atoms. The summed E-state index contributed by atoms with van der Waals surface area (Å²) in [6.07, 6.45) is 8.41. The minimum atomic E-state index is 0.512. The number of hydrogen-bond donors (Lipinski definition) is 0. The Morgan fingerprint density at radius 3 is 2.41 bits per heavy atom. The third-order valence-corrected chi connectivity index (χ3v) is 8.60. The summed E-state index contributed by atoms with van der Waals surface area (Å²) in [5, 5.41) is 17.5. The second-order valence-electron chi connectivity index (χ2n) is 8.68. The van der Waals surface area contributed by atoms with E-state index in [0.29, 0.717) is 16.0 Å². The van der Waals surface area contributed by atoms with Gasteiger partial charge in [-0.3, -0.25) is 0 Å². The van der Waals surface area contributed by atoms with Gasteiger partial charge in [-0.1, -0.05) is 95.2 Å². The molecule has 5 rings (SSSR count). The highest BCUT2D eigenvalue weighted by Crippen LogP contribution is 2.40. The largest absolute Gasteiger partial charge is 0.231 e. The Kier molecular flexibility index (Phi) is 7.40. The van der Waals surface area contributed by atoms with Crippen LogP contribution >= 0.6 is 50.5 Å². The first-order chi connectivity index (χ1) is 16.5. The molecule has 8 heteroatoms. The Morgan fingerprint density at radius 2 is 1.74 bits per heavy atom. The zero-order valence-corrected chi connectivity index (χ0v) is 22.8. The lowest BCUT2D eigenvalue weighted by Crippen LogP contribution is -2.01. The fraction of sp³-hybridized carbons (Fsp3) is 0.346. The molecule has 0 spiro atoms. The third-order valence-electron chi connectivity index (χ3n) is 6.44. The zero-order chi connectivity index (χ0) is 23.7. The number of halogens is 3. The van der Waals surface area contributed by atoms with Gasteiger partial charge in [0.25, 0.3) is 0 Å². The van der Waals surface area contributed by atoms with Gasteiger partial charge in [0, 0.05) is 26.5 Å². The summed E-state index contributed by atoms with van der Waals surface area (Å²) in [4.78, 5) is 0. The van der Waals surface area contributed by atoms with Gasteiger partial charge in [0.1, 0.15) is 10.7 Å². The summed E-state index contributed by atoms with van der Waals surface area (Å²) in [7, 11) is 0. The Labute approximate surface area is 222 Å². The van der Waals surface area contributed by atoms with E-state index in [9.17, 15) is 0 Å². The molecule has 0 N–H and O–H groups in total. The van der Waals surface area contributed by atoms with Crippen LogP contribution in [-0.4, -0.2) is 20.0 Å². The smallest absolute Gasteiger partial charge is 0.168 e. The molecule has 2 aromatic heterocycles. The predicted octanol–water partition coefficient (Wildman–Crippen LogP) is 9.13. The van der Waals surface area contributed by atoms with E-state index in [0.717, 1.165) is 49.1 Å². The molecule has 0 atom stereocenters. The molecular weight excluding hydrogens is 551 g/mol. The zero-order valence-electron chi connectivity index (χ0n) is 18.9. The van der Waals surface area contributed by atoms with Crippen LogP contribution in [-0.2, 0) is 6.42 Å². The van der Waals surface area contributed by atoms with Gasteiger partial charge in [0.2, 0.25) is 0 Å². The summed E-state index contributed by atoms with van der Waals surface area (Å²) in [6, 6.07) is 13.8. The van der Waals surface area contributed by atoms with Crippen LogP contribution in [0.2, 0.25) is 10.0 Å². The first-order valence-corrected chi connectivity index (χ1v) is 14.1. The fourth-order valence-electron chi connectivity index (χ4n) is 4.71. The molecule has 0 radical (unpaired) electrons. The Balaban J connectivity index is 1.66. The standard InChI is InChI=1S/C26H25BrCl2N4S/c1-2-20-23(26-31-30-25(34-26)17-7-5-3-4-6-8-17)32-33(22-14-13-19(28)15-21(22)29)24(20)16-9-11-18(27)12-10-16/h9-15,17H,2-8H2,1H3. The first kappa shape index (κ1) is 24.0. The molecule has 0 unspecified atom stereocenters. The molecule has 34 heavy (non-hydrogen) atoms. The second kappa shape index (κ2) is 10.5. The van der Waals surface area contributed by atoms with Crippen molar-refractivity contribution < 1.29 is 0 Å². The number of rotatable bonds is 5. The molecule has 2 heterocycles. The van der Waals surface area contributed by atoms with Crippen LogP contribution in [0.25, 0.3) is 27.6 Å². The lowest BCUT2D eigenvalue weighted by Gasteiger charge is -2.11. The lowest BCUT2D eigenvalue weighted by molar-refractivity contribution is 0.584. The van der Waals surface area contributed by atoms with Crippen LogP contribution in [0, 0.1) is 0 Å². The van der Waals surface area contributed by atoms with E-state index in [1.165, 1.54) is 38.5 Å². The van der Waals surface area contributed by atoms with E-state index in [2.05, 4.69) is 45.2 Å². The molecular formula is C26H25BrCl2N4S. The maximum absolute atomic E-state index is 6.64. The minimum Gasteiger partial charge on any atom is -0.231 e. The van der Waals surface area contributed by atoms with Crippen LogP contribution in [0.1, 0.15) is 61.9 Å². The molecule has 4 aromatic rings. The minimum absolute atomic E-state index is 0.512. The monoisotopic (exact) mass is 574 g/mol. The van der Waals surface area contributed by atoms with Gasteiger partial charge >= 0.3 is 0 Å². The van der Waals surface area contributed by atoms with Crippen molar-refractivity contribution in [1.29, 1.82) is 0 Å². The van der Waals surface area contributed by atoms with Crippen LogP contribution in [0.5, 0.6) is 0 Å². The normalized spacial score (nSPS) is 14.9. The summed E-state index contributed by atoms with van der Waals surface area (Å²) < 4.78 is 2.96. The molecule has 0 saturated heterocycles. The van der Waals surface area contributed by atoms with E-state index >= 15 is 0 Å². The Bertz CT molecular complexity index is 1290. The van der Waals surface area contributed by atoms with Gasteiger partial charge < -0.3 is 0 Å². The van der Waals surface area contributed by atoms with E-state index in [-0.39, 0.29) is 0 Å². The molecule has 2 aromatic carbocycles. The molecule has 176 valence electrons. The van der Waals surface area contributed by atoms with Crippen molar-refractivity contribution in [1.82, 2.24) is 20.0 Å². The molecule has 1 aliphatic rings. The van der Waals surface area contributed by atoms with Crippen molar-refractivity contribution in [2.75, 3.05) is 0 Å². The van der Waals surface area contributed by atoms with E-state index in [4.69, 9.17) is 28.3 Å². The molecule has 1 fully saturated rings. The maximum atomic E-state index is 6.64. The van der Waals surface area contributed by atoms with Crippen molar-refractivity contribution in [2.24, 2.45) is 0 Å². The van der Waals surface area contributed by atoms with Gasteiger partial charge in [0.15, 0.2) is 5.01 Å². The van der Waals surface area contributed by atoms with Crippen molar-refractivity contribution in [3.8, 4) is 27.6 Å². The van der Waals surface area contributed by atoms with E-state index < -0.39 is 0 Å². The third kappa shape index (κ3) is 4.83. The summed E-state index contributed by atoms with van der Waals surface area (Å²) in [5.74, 6) is 0.512. The van der Waals surface area contributed by atoms with Gasteiger partial charge in [-0.25, -0.2) is 4.68 Å². The van der Waals surface area contributed by atoms with E-state index in [1.807, 2.05) is 28.9 Å². The highest BCUT2D eigenvalue weighted by atomic mass is 79.9. The molecule has 4 nitrogen and oxygen atoms in total. The number of aromatic nitrogens is 4. The first-order valence-electron chi connectivity index (χ1n) is 11.7. The fourth-order valence-corrected chi connectivity index (χ4v) is 6.49.